The third kappa shape index (κ3) is 4.77. The van der Waals surface area contributed by atoms with E-state index < -0.39 is 0 Å². The highest BCUT2D eigenvalue weighted by Crippen LogP contribution is 2.12. The minimum absolute atomic E-state index is 0.0118. The van der Waals surface area contributed by atoms with Crippen LogP contribution in [0.25, 0.3) is 0 Å². The summed E-state index contributed by atoms with van der Waals surface area (Å²) in [5, 5.41) is 4.79. The first-order valence-electron chi connectivity index (χ1n) is 7.30. The number of rotatable bonds is 7. The summed E-state index contributed by atoms with van der Waals surface area (Å²) in [6, 6.07) is 5.65. The van der Waals surface area contributed by atoms with Crippen LogP contribution in [0.1, 0.15) is 40.0 Å². The summed E-state index contributed by atoms with van der Waals surface area (Å²) in [6.07, 6.45) is 1.19. The van der Waals surface area contributed by atoms with E-state index in [1.165, 1.54) is 0 Å². The van der Waals surface area contributed by atoms with Crippen LogP contribution >= 0.6 is 11.3 Å². The number of carbonyl (C=O) groups excluding carboxylic acids is 2. The van der Waals surface area contributed by atoms with Crippen molar-refractivity contribution in [1.29, 1.82) is 0 Å². The molecule has 22 heavy (non-hydrogen) atoms. The third-order valence-corrected chi connectivity index (χ3v) is 4.23. The van der Waals surface area contributed by atoms with Gasteiger partial charge in [-0.2, -0.15) is 0 Å². The van der Waals surface area contributed by atoms with Crippen LogP contribution in [0.15, 0.2) is 29.1 Å². The Morgan fingerprint density at radius 3 is 2.68 bits per heavy atom. The zero-order chi connectivity index (χ0) is 15.9. The number of aryl methyl sites for hydroxylation is 2. The predicted octanol–water partition coefficient (Wildman–Crippen LogP) is 3.08. The van der Waals surface area contributed by atoms with Gasteiger partial charge in [-0.25, -0.2) is 4.98 Å². The number of carbonyl (C=O) groups is 2. The van der Waals surface area contributed by atoms with E-state index in [0.717, 1.165) is 23.2 Å². The molecule has 1 N–H and O–H groups in total. The summed E-state index contributed by atoms with van der Waals surface area (Å²) in [6.45, 7) is 4.55. The Hall–Kier alpha value is -2.01. The number of hydrogen-bond donors (Lipinski definition) is 1. The average Bonchev–Trinajstić information content (AvgIpc) is 3.01. The lowest BCUT2D eigenvalue weighted by atomic mass is 10.0. The van der Waals surface area contributed by atoms with E-state index in [2.05, 4.69) is 10.3 Å². The van der Waals surface area contributed by atoms with Gasteiger partial charge in [-0.15, -0.1) is 11.3 Å². The first-order chi connectivity index (χ1) is 10.6. The molecule has 116 valence electrons. The first kappa shape index (κ1) is 16.4. The van der Waals surface area contributed by atoms with E-state index in [9.17, 15) is 9.59 Å². The molecule has 0 atom stereocenters. The second kappa shape index (κ2) is 7.84. The number of benzene rings is 1. The van der Waals surface area contributed by atoms with Gasteiger partial charge in [-0.1, -0.05) is 12.1 Å². The number of aromatic nitrogens is 1. The van der Waals surface area contributed by atoms with Crippen LogP contribution in [-0.2, 0) is 11.2 Å². The van der Waals surface area contributed by atoms with Crippen molar-refractivity contribution in [3.8, 4) is 0 Å². The second-order valence-corrected chi connectivity index (χ2v) is 6.02. The molecule has 0 aliphatic rings. The number of thiazole rings is 1. The van der Waals surface area contributed by atoms with Crippen LogP contribution in [0.5, 0.6) is 0 Å². The molecule has 0 saturated heterocycles. The summed E-state index contributed by atoms with van der Waals surface area (Å²) < 4.78 is 0. The van der Waals surface area contributed by atoms with E-state index in [-0.39, 0.29) is 24.5 Å². The molecule has 1 aromatic carbocycles. The fourth-order valence-corrected chi connectivity index (χ4v) is 2.66. The molecule has 2 aromatic rings. The Bertz CT molecular complexity index is 651. The summed E-state index contributed by atoms with van der Waals surface area (Å²) in [5.74, 6) is -0.0786. The van der Waals surface area contributed by atoms with E-state index in [1.54, 1.807) is 16.8 Å². The smallest absolute Gasteiger partial charge is 0.220 e. The van der Waals surface area contributed by atoms with Crippen molar-refractivity contribution in [2.75, 3.05) is 6.54 Å². The Balaban J connectivity index is 1.73. The van der Waals surface area contributed by atoms with Gasteiger partial charge in [0.15, 0.2) is 5.78 Å². The molecule has 0 bridgehead atoms. The highest BCUT2D eigenvalue weighted by Gasteiger charge is 2.10. The van der Waals surface area contributed by atoms with E-state index in [0.29, 0.717) is 12.1 Å². The van der Waals surface area contributed by atoms with Crippen LogP contribution in [0, 0.1) is 13.8 Å². The Morgan fingerprint density at radius 2 is 2.00 bits per heavy atom. The Labute approximate surface area is 134 Å². The molecule has 0 unspecified atom stereocenters. The molecular formula is C17H20N2O2S. The molecule has 1 amide bonds. The standard InChI is InChI=1S/C17H20N2O2S/c1-12-3-4-14(9-13(12)2)16(20)5-6-17(21)18-8-7-15-10-22-11-19-15/h3-4,9-11H,5-8H2,1-2H3,(H,18,21). The molecule has 0 saturated carbocycles. The lowest BCUT2D eigenvalue weighted by Gasteiger charge is -2.06. The summed E-state index contributed by atoms with van der Waals surface area (Å²) >= 11 is 1.54. The normalized spacial score (nSPS) is 10.5. The number of amides is 1. The molecule has 0 radical (unpaired) electrons. The largest absolute Gasteiger partial charge is 0.356 e. The van der Waals surface area contributed by atoms with Gasteiger partial charge in [0.25, 0.3) is 0 Å². The number of ketones is 1. The third-order valence-electron chi connectivity index (χ3n) is 3.59. The molecule has 5 heteroatoms. The number of nitrogens with one attached hydrogen (secondary N) is 1. The topological polar surface area (TPSA) is 59.1 Å². The lowest BCUT2D eigenvalue weighted by Crippen LogP contribution is -2.26. The monoisotopic (exact) mass is 316 g/mol. The molecule has 1 heterocycles. The molecule has 0 aliphatic carbocycles. The quantitative estimate of drug-likeness (QED) is 0.799. The molecule has 1 aromatic heterocycles. The summed E-state index contributed by atoms with van der Waals surface area (Å²) in [7, 11) is 0. The predicted molar refractivity (Wildman–Crippen MR) is 88.3 cm³/mol. The summed E-state index contributed by atoms with van der Waals surface area (Å²) in [5.41, 5.74) is 5.70. The van der Waals surface area contributed by atoms with Crippen LogP contribution in [0.2, 0.25) is 0 Å². The molecular weight excluding hydrogens is 296 g/mol. The summed E-state index contributed by atoms with van der Waals surface area (Å²) in [4.78, 5) is 28.0. The second-order valence-electron chi connectivity index (χ2n) is 5.30. The molecule has 4 nitrogen and oxygen atoms in total. The maximum absolute atomic E-state index is 12.1. The van der Waals surface area contributed by atoms with Gasteiger partial charge >= 0.3 is 0 Å². The number of Topliss-reactive ketones (excluding diaryl/α,β-unsaturated/α-hetero) is 1. The minimum Gasteiger partial charge on any atom is -0.356 e. The van der Waals surface area contributed by atoms with Crippen LogP contribution < -0.4 is 5.32 Å². The molecule has 0 aliphatic heterocycles. The van der Waals surface area contributed by atoms with Gasteiger partial charge in [-0.3, -0.25) is 9.59 Å². The van der Waals surface area contributed by atoms with Crippen LogP contribution in [0.3, 0.4) is 0 Å². The van der Waals surface area contributed by atoms with Gasteiger partial charge in [0.1, 0.15) is 0 Å². The van der Waals surface area contributed by atoms with Gasteiger partial charge in [0.05, 0.1) is 11.2 Å². The van der Waals surface area contributed by atoms with Crippen molar-refractivity contribution in [2.24, 2.45) is 0 Å². The van der Waals surface area contributed by atoms with Crippen molar-refractivity contribution < 1.29 is 9.59 Å². The van der Waals surface area contributed by atoms with Gasteiger partial charge in [0.2, 0.25) is 5.91 Å². The highest BCUT2D eigenvalue weighted by molar-refractivity contribution is 7.07. The molecule has 0 fully saturated rings. The fraction of sp³-hybridized carbons (Fsp3) is 0.353. The maximum Gasteiger partial charge on any atom is 0.220 e. The van der Waals surface area contributed by atoms with Crippen molar-refractivity contribution in [1.82, 2.24) is 10.3 Å². The minimum atomic E-state index is -0.0904. The zero-order valence-corrected chi connectivity index (χ0v) is 13.7. The van der Waals surface area contributed by atoms with Crippen LogP contribution in [-0.4, -0.2) is 23.2 Å². The Kier molecular flexibility index (Phi) is 5.83. The number of hydrogen-bond acceptors (Lipinski definition) is 4. The Morgan fingerprint density at radius 1 is 1.18 bits per heavy atom. The SMILES string of the molecule is Cc1ccc(C(=O)CCC(=O)NCCc2cscn2)cc1C. The van der Waals surface area contributed by atoms with E-state index in [4.69, 9.17) is 0 Å². The van der Waals surface area contributed by atoms with Gasteiger partial charge < -0.3 is 5.32 Å². The lowest BCUT2D eigenvalue weighted by molar-refractivity contribution is -0.121. The van der Waals surface area contributed by atoms with Crippen molar-refractivity contribution in [3.05, 3.63) is 51.5 Å². The van der Waals surface area contributed by atoms with Gasteiger partial charge in [-0.05, 0) is 31.0 Å². The van der Waals surface area contributed by atoms with Crippen molar-refractivity contribution in [3.63, 3.8) is 0 Å². The first-order valence-corrected chi connectivity index (χ1v) is 8.25. The van der Waals surface area contributed by atoms with E-state index >= 15 is 0 Å². The van der Waals surface area contributed by atoms with Crippen molar-refractivity contribution >= 4 is 23.0 Å². The van der Waals surface area contributed by atoms with Crippen LogP contribution in [0.4, 0.5) is 0 Å². The highest BCUT2D eigenvalue weighted by atomic mass is 32.1. The number of nitrogens with zero attached hydrogens (tertiary/aromatic N) is 1. The zero-order valence-electron chi connectivity index (χ0n) is 12.9. The average molecular weight is 316 g/mol. The van der Waals surface area contributed by atoms with E-state index in [1.807, 2.05) is 37.4 Å². The van der Waals surface area contributed by atoms with Gasteiger partial charge in [0, 0.05) is 36.8 Å². The maximum atomic E-state index is 12.1. The van der Waals surface area contributed by atoms with Crippen molar-refractivity contribution in [2.45, 2.75) is 33.1 Å². The molecule has 0 spiro atoms. The fourth-order valence-electron chi connectivity index (χ4n) is 2.07. The molecule has 2 rings (SSSR count).